The van der Waals surface area contributed by atoms with Gasteiger partial charge >= 0.3 is 5.97 Å². The lowest BCUT2D eigenvalue weighted by Gasteiger charge is -2.05. The molecule has 88 valence electrons. The van der Waals surface area contributed by atoms with Gasteiger partial charge in [-0.2, -0.15) is 4.52 Å². The fourth-order valence-electron chi connectivity index (χ4n) is 2.04. The lowest BCUT2D eigenvalue weighted by Crippen LogP contribution is -2.11. The Balaban J connectivity index is 2.30. The Bertz CT molecular complexity index is 601. The molecule has 0 atom stereocenters. The maximum Gasteiger partial charge on any atom is 0.355 e. The van der Waals surface area contributed by atoms with E-state index in [1.54, 1.807) is 6.20 Å². The van der Waals surface area contributed by atoms with Crippen LogP contribution in [0.1, 0.15) is 47.4 Å². The van der Waals surface area contributed by atoms with E-state index in [0.717, 1.165) is 24.1 Å². The molecule has 1 aliphatic carbocycles. The highest BCUT2D eigenvalue weighted by Gasteiger charge is 2.31. The summed E-state index contributed by atoms with van der Waals surface area (Å²) in [7, 11) is 0. The van der Waals surface area contributed by atoms with Gasteiger partial charge < -0.3 is 5.11 Å². The van der Waals surface area contributed by atoms with Crippen LogP contribution < -0.4 is 0 Å². The molecule has 6 heteroatoms. The molecular formula is C11H12N4O2. The van der Waals surface area contributed by atoms with E-state index in [1.165, 1.54) is 4.52 Å². The molecule has 0 bridgehead atoms. The third-order valence-electron chi connectivity index (χ3n) is 3.08. The normalized spacial score (nSPS) is 15.4. The molecule has 3 rings (SSSR count). The average Bonchev–Trinajstić information content (AvgIpc) is 3.07. The van der Waals surface area contributed by atoms with Crippen LogP contribution in [0.5, 0.6) is 0 Å². The fraction of sp³-hybridized carbons (Fsp3) is 0.455. The van der Waals surface area contributed by atoms with Gasteiger partial charge in [-0.3, -0.25) is 0 Å². The van der Waals surface area contributed by atoms with Gasteiger partial charge in [-0.15, -0.1) is 5.10 Å². The molecule has 0 aromatic carbocycles. The van der Waals surface area contributed by atoms with Crippen LogP contribution in [0.25, 0.3) is 5.65 Å². The molecule has 1 fully saturated rings. The number of hydrogen-bond donors (Lipinski definition) is 1. The molecule has 2 heterocycles. The number of aromatic nitrogens is 4. The number of carboxylic acids is 1. The summed E-state index contributed by atoms with van der Waals surface area (Å²) >= 11 is 0. The molecule has 0 saturated heterocycles. The van der Waals surface area contributed by atoms with Crippen molar-refractivity contribution in [1.82, 2.24) is 19.8 Å². The predicted octanol–water partition coefficient (Wildman–Crippen LogP) is 1.26. The van der Waals surface area contributed by atoms with Crippen LogP contribution in [0.4, 0.5) is 0 Å². The van der Waals surface area contributed by atoms with Crippen molar-refractivity contribution in [3.05, 3.63) is 23.1 Å². The Morgan fingerprint density at radius 1 is 1.59 bits per heavy atom. The first-order valence-corrected chi connectivity index (χ1v) is 5.68. The average molecular weight is 232 g/mol. The quantitative estimate of drug-likeness (QED) is 0.861. The molecule has 17 heavy (non-hydrogen) atoms. The van der Waals surface area contributed by atoms with Crippen molar-refractivity contribution in [2.24, 2.45) is 0 Å². The van der Waals surface area contributed by atoms with Crippen molar-refractivity contribution in [3.63, 3.8) is 0 Å². The van der Waals surface area contributed by atoms with Crippen molar-refractivity contribution >= 4 is 11.6 Å². The van der Waals surface area contributed by atoms with Gasteiger partial charge in [0.15, 0.2) is 11.3 Å². The maximum absolute atomic E-state index is 11.3. The van der Waals surface area contributed by atoms with Crippen molar-refractivity contribution in [1.29, 1.82) is 0 Å². The molecule has 2 aromatic heterocycles. The summed E-state index contributed by atoms with van der Waals surface area (Å²) in [5.74, 6) is -0.640. The van der Waals surface area contributed by atoms with E-state index in [-0.39, 0.29) is 5.69 Å². The summed E-state index contributed by atoms with van der Waals surface area (Å²) in [5, 5.41) is 17.2. The number of aromatic carboxylic acids is 1. The summed E-state index contributed by atoms with van der Waals surface area (Å²) < 4.78 is 1.36. The van der Waals surface area contributed by atoms with Gasteiger partial charge in [0.2, 0.25) is 0 Å². The van der Waals surface area contributed by atoms with E-state index < -0.39 is 5.97 Å². The molecule has 1 saturated carbocycles. The summed E-state index contributed by atoms with van der Waals surface area (Å²) in [5.41, 5.74) is 2.27. The molecule has 0 spiro atoms. The van der Waals surface area contributed by atoms with E-state index in [1.807, 2.05) is 6.92 Å². The van der Waals surface area contributed by atoms with Crippen LogP contribution >= 0.6 is 0 Å². The van der Waals surface area contributed by atoms with Crippen molar-refractivity contribution < 1.29 is 9.90 Å². The Morgan fingerprint density at radius 2 is 2.35 bits per heavy atom. The van der Waals surface area contributed by atoms with Gasteiger partial charge in [-0.05, 0) is 25.2 Å². The highest BCUT2D eigenvalue weighted by atomic mass is 16.4. The third kappa shape index (κ3) is 1.48. The van der Waals surface area contributed by atoms with Gasteiger partial charge in [0.05, 0.1) is 0 Å². The van der Waals surface area contributed by atoms with Crippen LogP contribution in [0.15, 0.2) is 6.20 Å². The zero-order valence-electron chi connectivity index (χ0n) is 9.42. The van der Waals surface area contributed by atoms with E-state index in [4.69, 9.17) is 0 Å². The Morgan fingerprint density at radius 3 is 2.94 bits per heavy atom. The fourth-order valence-corrected chi connectivity index (χ4v) is 2.04. The van der Waals surface area contributed by atoms with Gasteiger partial charge in [0, 0.05) is 11.8 Å². The van der Waals surface area contributed by atoms with E-state index in [0.29, 0.717) is 18.0 Å². The first kappa shape index (κ1) is 10.2. The Kier molecular flexibility index (Phi) is 2.10. The summed E-state index contributed by atoms with van der Waals surface area (Å²) in [4.78, 5) is 15.6. The topological polar surface area (TPSA) is 80.4 Å². The summed E-state index contributed by atoms with van der Waals surface area (Å²) in [6.07, 6.45) is 4.42. The number of carboxylic acid groups (broad SMARTS) is 1. The van der Waals surface area contributed by atoms with E-state index in [2.05, 4.69) is 15.3 Å². The number of fused-ring (bicyclic) bond motifs is 1. The van der Waals surface area contributed by atoms with Gasteiger partial charge in [-0.25, -0.2) is 9.78 Å². The standard InChI is InChI=1S/C11H12N4O2/c1-2-8-10-12-5-7(6-3-4-6)9(11(16)17)15(10)14-13-8/h5-6H,2-4H2,1H3,(H,16,17). The minimum atomic E-state index is -0.966. The Hall–Kier alpha value is -1.98. The second-order valence-electron chi connectivity index (χ2n) is 4.27. The summed E-state index contributed by atoms with van der Waals surface area (Å²) in [6, 6.07) is 0. The van der Waals surface area contributed by atoms with Gasteiger partial charge in [0.1, 0.15) is 5.69 Å². The second kappa shape index (κ2) is 3.51. The zero-order chi connectivity index (χ0) is 12.0. The molecule has 1 aliphatic rings. The molecule has 6 nitrogen and oxygen atoms in total. The summed E-state index contributed by atoms with van der Waals surface area (Å²) in [6.45, 7) is 1.95. The number of carbonyl (C=O) groups is 1. The van der Waals surface area contributed by atoms with Crippen LogP contribution in [-0.4, -0.2) is 30.9 Å². The highest BCUT2D eigenvalue weighted by molar-refractivity contribution is 5.88. The van der Waals surface area contributed by atoms with Crippen LogP contribution in [0.3, 0.4) is 0 Å². The second-order valence-corrected chi connectivity index (χ2v) is 4.27. The Labute approximate surface area is 97.3 Å². The zero-order valence-corrected chi connectivity index (χ0v) is 9.42. The van der Waals surface area contributed by atoms with Crippen molar-refractivity contribution in [2.75, 3.05) is 0 Å². The van der Waals surface area contributed by atoms with Gasteiger partial charge in [0.25, 0.3) is 0 Å². The minimum Gasteiger partial charge on any atom is -0.476 e. The lowest BCUT2D eigenvalue weighted by atomic mass is 10.1. The first-order chi connectivity index (χ1) is 8.22. The number of rotatable bonds is 3. The monoisotopic (exact) mass is 232 g/mol. The first-order valence-electron chi connectivity index (χ1n) is 5.68. The number of nitrogens with zero attached hydrogens (tertiary/aromatic N) is 4. The number of aryl methyl sites for hydroxylation is 1. The predicted molar refractivity (Wildman–Crippen MR) is 59.1 cm³/mol. The molecule has 0 amide bonds. The molecule has 2 aromatic rings. The van der Waals surface area contributed by atoms with Crippen LogP contribution in [-0.2, 0) is 6.42 Å². The molecule has 0 aliphatic heterocycles. The third-order valence-corrected chi connectivity index (χ3v) is 3.08. The highest BCUT2D eigenvalue weighted by Crippen LogP contribution is 2.41. The van der Waals surface area contributed by atoms with Gasteiger partial charge in [-0.1, -0.05) is 12.1 Å². The van der Waals surface area contributed by atoms with Crippen molar-refractivity contribution in [2.45, 2.75) is 32.1 Å². The SMILES string of the molecule is CCc1nnn2c(C(=O)O)c(C3CC3)cnc12. The number of hydrogen-bond acceptors (Lipinski definition) is 4. The smallest absolute Gasteiger partial charge is 0.355 e. The van der Waals surface area contributed by atoms with Crippen LogP contribution in [0, 0.1) is 0 Å². The maximum atomic E-state index is 11.3. The largest absolute Gasteiger partial charge is 0.476 e. The van der Waals surface area contributed by atoms with Crippen LogP contribution in [0.2, 0.25) is 0 Å². The lowest BCUT2D eigenvalue weighted by molar-refractivity contribution is 0.0685. The molecule has 1 N–H and O–H groups in total. The van der Waals surface area contributed by atoms with E-state index >= 15 is 0 Å². The van der Waals surface area contributed by atoms with Crippen molar-refractivity contribution in [3.8, 4) is 0 Å². The molecule has 0 radical (unpaired) electrons. The minimum absolute atomic E-state index is 0.213. The van der Waals surface area contributed by atoms with E-state index in [9.17, 15) is 9.90 Å². The molecule has 0 unspecified atom stereocenters. The molecular weight excluding hydrogens is 220 g/mol.